The molecule has 2 aromatic rings. The average Bonchev–Trinajstić information content (AvgIpc) is 2.77. The summed E-state index contributed by atoms with van der Waals surface area (Å²) in [5, 5.41) is 4.06. The van der Waals surface area contributed by atoms with E-state index < -0.39 is 10.0 Å². The highest BCUT2D eigenvalue weighted by atomic mass is 32.2. The van der Waals surface area contributed by atoms with Crippen molar-refractivity contribution in [3.63, 3.8) is 0 Å². The lowest BCUT2D eigenvalue weighted by Gasteiger charge is -2.26. The number of rotatable bonds is 7. The monoisotopic (exact) mass is 416 g/mol. The van der Waals surface area contributed by atoms with Crippen molar-refractivity contribution in [1.29, 1.82) is 0 Å². The average molecular weight is 417 g/mol. The first-order valence-electron chi connectivity index (χ1n) is 9.38. The van der Waals surface area contributed by atoms with Gasteiger partial charge in [0.2, 0.25) is 15.9 Å². The first kappa shape index (κ1) is 21.1. The van der Waals surface area contributed by atoms with E-state index in [1.165, 1.54) is 4.31 Å². The molecule has 1 N–H and O–H groups in total. The molecule has 1 aromatic carbocycles. The number of carbonyl (C=O) groups excluding carboxylic acids is 1. The summed E-state index contributed by atoms with van der Waals surface area (Å²) in [7, 11) is -3.50. The van der Waals surface area contributed by atoms with Crippen LogP contribution in [-0.4, -0.2) is 55.6 Å². The number of benzene rings is 1. The Morgan fingerprint density at radius 3 is 2.55 bits per heavy atom. The van der Waals surface area contributed by atoms with Gasteiger partial charge >= 0.3 is 0 Å². The molecule has 0 bridgehead atoms. The lowest BCUT2D eigenvalue weighted by Crippen LogP contribution is -2.40. The molecule has 0 saturated carbocycles. The molecule has 0 atom stereocenters. The molecule has 1 aliphatic rings. The Kier molecular flexibility index (Phi) is 7.08. The van der Waals surface area contributed by atoms with Gasteiger partial charge in [-0.3, -0.25) is 9.78 Å². The van der Waals surface area contributed by atoms with Gasteiger partial charge < -0.3 is 4.74 Å². The van der Waals surface area contributed by atoms with E-state index in [2.05, 4.69) is 15.5 Å². The number of hydrogen-bond donors (Lipinski definition) is 1. The fourth-order valence-corrected chi connectivity index (χ4v) is 4.27. The SMILES string of the molecule is C/C(=N\NC(=O)CCc1ccc(S(=O)(=O)N2CCOCC2)cc1)c1ccccn1. The van der Waals surface area contributed by atoms with Gasteiger partial charge in [0.1, 0.15) is 0 Å². The van der Waals surface area contributed by atoms with Crippen LogP contribution >= 0.6 is 0 Å². The van der Waals surface area contributed by atoms with Crippen molar-refractivity contribution in [3.8, 4) is 0 Å². The molecule has 1 aromatic heterocycles. The zero-order valence-corrected chi connectivity index (χ0v) is 17.1. The quantitative estimate of drug-likeness (QED) is 0.545. The normalized spacial score (nSPS) is 15.8. The Labute approximate surface area is 170 Å². The maximum atomic E-state index is 12.6. The minimum absolute atomic E-state index is 0.217. The number of nitrogens with one attached hydrogen (secondary N) is 1. The number of aryl methyl sites for hydroxylation is 1. The molecule has 8 nitrogen and oxygen atoms in total. The smallest absolute Gasteiger partial charge is 0.243 e. The molecule has 29 heavy (non-hydrogen) atoms. The van der Waals surface area contributed by atoms with Crippen LogP contribution in [0.1, 0.15) is 24.6 Å². The van der Waals surface area contributed by atoms with E-state index in [4.69, 9.17) is 4.74 Å². The van der Waals surface area contributed by atoms with Gasteiger partial charge in [-0.2, -0.15) is 9.41 Å². The van der Waals surface area contributed by atoms with Crippen LogP contribution in [0.5, 0.6) is 0 Å². The van der Waals surface area contributed by atoms with E-state index >= 15 is 0 Å². The number of nitrogens with zero attached hydrogens (tertiary/aromatic N) is 3. The number of aromatic nitrogens is 1. The number of sulfonamides is 1. The van der Waals surface area contributed by atoms with Crippen molar-refractivity contribution in [2.45, 2.75) is 24.7 Å². The van der Waals surface area contributed by atoms with Crippen molar-refractivity contribution in [1.82, 2.24) is 14.7 Å². The Balaban J connectivity index is 1.53. The number of amides is 1. The van der Waals surface area contributed by atoms with Crippen molar-refractivity contribution in [2.75, 3.05) is 26.3 Å². The molecule has 2 heterocycles. The molecule has 0 unspecified atom stereocenters. The van der Waals surface area contributed by atoms with E-state index in [-0.39, 0.29) is 17.2 Å². The predicted octanol–water partition coefficient (Wildman–Crippen LogP) is 1.58. The molecule has 0 radical (unpaired) electrons. The van der Waals surface area contributed by atoms with Gasteiger partial charge in [0.25, 0.3) is 0 Å². The molecule has 154 valence electrons. The van der Waals surface area contributed by atoms with E-state index in [1.807, 2.05) is 18.2 Å². The number of hydrazone groups is 1. The lowest BCUT2D eigenvalue weighted by molar-refractivity contribution is -0.121. The van der Waals surface area contributed by atoms with Crippen LogP contribution in [0.4, 0.5) is 0 Å². The number of hydrogen-bond acceptors (Lipinski definition) is 6. The summed E-state index contributed by atoms with van der Waals surface area (Å²) in [6, 6.07) is 12.1. The second-order valence-corrected chi connectivity index (χ2v) is 8.55. The number of morpholine rings is 1. The molecule has 0 spiro atoms. The van der Waals surface area contributed by atoms with Crippen LogP contribution in [0.2, 0.25) is 0 Å². The summed E-state index contributed by atoms with van der Waals surface area (Å²) >= 11 is 0. The van der Waals surface area contributed by atoms with Crippen molar-refractivity contribution >= 4 is 21.6 Å². The Hall–Kier alpha value is -2.62. The largest absolute Gasteiger partial charge is 0.379 e. The maximum Gasteiger partial charge on any atom is 0.243 e. The number of ether oxygens (including phenoxy) is 1. The summed E-state index contributed by atoms with van der Waals surface area (Å²) in [6.45, 7) is 3.32. The first-order chi connectivity index (χ1) is 14.0. The van der Waals surface area contributed by atoms with Gasteiger partial charge in [-0.1, -0.05) is 18.2 Å². The second kappa shape index (κ2) is 9.73. The first-order valence-corrected chi connectivity index (χ1v) is 10.8. The van der Waals surface area contributed by atoms with Crippen LogP contribution in [0, 0.1) is 0 Å². The minimum atomic E-state index is -3.50. The molecule has 1 amide bonds. The van der Waals surface area contributed by atoms with E-state index in [9.17, 15) is 13.2 Å². The Morgan fingerprint density at radius 1 is 1.17 bits per heavy atom. The predicted molar refractivity (Wildman–Crippen MR) is 109 cm³/mol. The van der Waals surface area contributed by atoms with Crippen LogP contribution in [0.3, 0.4) is 0 Å². The summed E-state index contributed by atoms with van der Waals surface area (Å²) in [6.07, 6.45) is 2.40. The second-order valence-electron chi connectivity index (χ2n) is 6.61. The van der Waals surface area contributed by atoms with E-state index in [0.29, 0.717) is 44.1 Å². The summed E-state index contributed by atoms with van der Waals surface area (Å²) in [5.41, 5.74) is 4.73. The van der Waals surface area contributed by atoms with Crippen LogP contribution in [-0.2, 0) is 26.0 Å². The highest BCUT2D eigenvalue weighted by Gasteiger charge is 2.26. The van der Waals surface area contributed by atoms with E-state index in [0.717, 1.165) is 5.56 Å². The molecule has 0 aliphatic carbocycles. The van der Waals surface area contributed by atoms with Gasteiger partial charge in [0.05, 0.1) is 29.5 Å². The number of pyridine rings is 1. The minimum Gasteiger partial charge on any atom is -0.379 e. The Bertz CT molecular complexity index is 954. The highest BCUT2D eigenvalue weighted by Crippen LogP contribution is 2.18. The van der Waals surface area contributed by atoms with Crippen molar-refractivity contribution in [3.05, 3.63) is 59.9 Å². The highest BCUT2D eigenvalue weighted by molar-refractivity contribution is 7.89. The molecule has 1 saturated heterocycles. The third-order valence-electron chi connectivity index (χ3n) is 4.56. The standard InChI is InChI=1S/C20H24N4O4S/c1-16(19-4-2-3-11-21-19)22-23-20(25)10-7-17-5-8-18(9-6-17)29(26,27)24-12-14-28-15-13-24/h2-6,8-9,11H,7,10,12-15H2,1H3,(H,23,25)/b22-16+. The van der Waals surface area contributed by atoms with Gasteiger partial charge in [-0.25, -0.2) is 13.8 Å². The third-order valence-corrected chi connectivity index (χ3v) is 6.47. The van der Waals surface area contributed by atoms with Crippen LogP contribution in [0.25, 0.3) is 0 Å². The van der Waals surface area contributed by atoms with Gasteiger partial charge in [0.15, 0.2) is 0 Å². The molecule has 9 heteroatoms. The van der Waals surface area contributed by atoms with Gasteiger partial charge in [0, 0.05) is 25.7 Å². The summed E-state index contributed by atoms with van der Waals surface area (Å²) in [5.74, 6) is -0.217. The zero-order valence-electron chi connectivity index (χ0n) is 16.2. The molecule has 3 rings (SSSR count). The third kappa shape index (κ3) is 5.69. The van der Waals surface area contributed by atoms with Gasteiger partial charge in [-0.15, -0.1) is 0 Å². The molecular formula is C20H24N4O4S. The number of carbonyl (C=O) groups is 1. The molecular weight excluding hydrogens is 392 g/mol. The molecule has 1 aliphatic heterocycles. The lowest BCUT2D eigenvalue weighted by atomic mass is 10.1. The van der Waals surface area contributed by atoms with Crippen molar-refractivity contribution in [2.24, 2.45) is 5.10 Å². The van der Waals surface area contributed by atoms with Crippen LogP contribution in [0.15, 0.2) is 58.7 Å². The maximum absolute atomic E-state index is 12.6. The summed E-state index contributed by atoms with van der Waals surface area (Å²) < 4.78 is 31.9. The van der Waals surface area contributed by atoms with Crippen LogP contribution < -0.4 is 5.43 Å². The topological polar surface area (TPSA) is 101 Å². The van der Waals surface area contributed by atoms with Gasteiger partial charge in [-0.05, 0) is 43.2 Å². The Morgan fingerprint density at radius 2 is 1.90 bits per heavy atom. The molecule has 1 fully saturated rings. The summed E-state index contributed by atoms with van der Waals surface area (Å²) in [4.78, 5) is 16.5. The fraction of sp³-hybridized carbons (Fsp3) is 0.350. The van der Waals surface area contributed by atoms with E-state index in [1.54, 1.807) is 37.4 Å². The zero-order chi connectivity index (χ0) is 20.7. The van der Waals surface area contributed by atoms with Crippen molar-refractivity contribution < 1.29 is 17.9 Å². The fourth-order valence-electron chi connectivity index (χ4n) is 2.86.